The molecule has 1 aliphatic heterocycles. The molecule has 2 rings (SSSR count). The lowest BCUT2D eigenvalue weighted by molar-refractivity contribution is -0.147. The number of carboxylic acids is 1. The molecule has 0 fully saturated rings. The Balaban J connectivity index is 2.38. The van der Waals surface area contributed by atoms with Gasteiger partial charge in [-0.1, -0.05) is 19.1 Å². The number of carbonyl (C=O) groups is 2. The summed E-state index contributed by atoms with van der Waals surface area (Å²) in [5.74, 6) is -1.64. The van der Waals surface area contributed by atoms with Gasteiger partial charge in [0.25, 0.3) is 0 Å². The van der Waals surface area contributed by atoms with Crippen molar-refractivity contribution in [3.8, 4) is 0 Å². The number of aryl methyl sites for hydroxylation is 1. The first-order valence-electron chi connectivity index (χ1n) is 5.17. The van der Waals surface area contributed by atoms with Crippen molar-refractivity contribution in [2.24, 2.45) is 0 Å². The third-order valence-electron chi connectivity index (χ3n) is 2.73. The fraction of sp³-hybridized carbons (Fsp3) is 0.333. The number of hydrogen-bond acceptors (Lipinski definition) is 3. The van der Waals surface area contributed by atoms with Crippen molar-refractivity contribution in [1.82, 2.24) is 0 Å². The third kappa shape index (κ3) is 1.78. The Morgan fingerprint density at radius 3 is 2.94 bits per heavy atom. The van der Waals surface area contributed by atoms with E-state index >= 15 is 0 Å². The largest absolute Gasteiger partial charge is 0.478 e. The van der Waals surface area contributed by atoms with Gasteiger partial charge >= 0.3 is 11.9 Å². The number of carboxylic acid groups (broad SMARTS) is 1. The van der Waals surface area contributed by atoms with Crippen LogP contribution in [0.2, 0.25) is 0 Å². The maximum Gasteiger partial charge on any atom is 0.345 e. The van der Waals surface area contributed by atoms with Gasteiger partial charge in [-0.15, -0.1) is 0 Å². The lowest BCUT2D eigenvalue weighted by Crippen LogP contribution is -2.34. The fourth-order valence-electron chi connectivity index (χ4n) is 1.78. The van der Waals surface area contributed by atoms with E-state index in [0.29, 0.717) is 5.56 Å². The van der Waals surface area contributed by atoms with Crippen LogP contribution in [0.15, 0.2) is 18.2 Å². The van der Waals surface area contributed by atoms with Crippen molar-refractivity contribution in [2.45, 2.75) is 25.9 Å². The molecule has 0 aromatic heterocycles. The molecule has 0 saturated carbocycles. The van der Waals surface area contributed by atoms with Crippen molar-refractivity contribution >= 4 is 11.9 Å². The van der Waals surface area contributed by atoms with Crippen LogP contribution in [0.1, 0.15) is 28.4 Å². The Morgan fingerprint density at radius 2 is 2.31 bits per heavy atom. The Kier molecular flexibility index (Phi) is 2.64. The Morgan fingerprint density at radius 1 is 1.56 bits per heavy atom. The van der Waals surface area contributed by atoms with E-state index < -0.39 is 18.0 Å². The van der Waals surface area contributed by atoms with Crippen LogP contribution in [0.3, 0.4) is 0 Å². The number of hydrogen-bond donors (Lipinski definition) is 1. The Hall–Kier alpha value is -1.84. The number of rotatable bonds is 2. The summed E-state index contributed by atoms with van der Waals surface area (Å²) in [5.41, 5.74) is 2.29. The van der Waals surface area contributed by atoms with E-state index in [4.69, 9.17) is 9.84 Å². The molecule has 1 heterocycles. The molecule has 84 valence electrons. The molecule has 4 heteroatoms. The minimum Gasteiger partial charge on any atom is -0.478 e. The van der Waals surface area contributed by atoms with Crippen LogP contribution in [0.4, 0.5) is 0 Å². The zero-order valence-electron chi connectivity index (χ0n) is 8.90. The SMILES string of the molecule is CCc1ccc2c(c1)C(=O)OC(C(=O)O)C2. The van der Waals surface area contributed by atoms with Gasteiger partial charge in [0.05, 0.1) is 5.56 Å². The Bertz CT molecular complexity index is 450. The average molecular weight is 220 g/mol. The topological polar surface area (TPSA) is 63.6 Å². The molecule has 1 aromatic rings. The molecule has 1 atom stereocenters. The van der Waals surface area contributed by atoms with E-state index in [1.807, 2.05) is 19.1 Å². The predicted octanol–water partition coefficient (Wildman–Crippen LogP) is 1.42. The molecule has 1 aliphatic rings. The summed E-state index contributed by atoms with van der Waals surface area (Å²) in [6, 6.07) is 5.50. The normalized spacial score (nSPS) is 18.8. The number of benzene rings is 1. The smallest absolute Gasteiger partial charge is 0.345 e. The van der Waals surface area contributed by atoms with Crippen molar-refractivity contribution in [3.05, 3.63) is 34.9 Å². The van der Waals surface area contributed by atoms with E-state index in [0.717, 1.165) is 17.5 Å². The average Bonchev–Trinajstić information content (AvgIpc) is 2.28. The van der Waals surface area contributed by atoms with Gasteiger partial charge in [0, 0.05) is 6.42 Å². The summed E-state index contributed by atoms with van der Waals surface area (Å²) in [4.78, 5) is 22.3. The molecule has 4 nitrogen and oxygen atoms in total. The van der Waals surface area contributed by atoms with Gasteiger partial charge in [-0.2, -0.15) is 0 Å². The highest BCUT2D eigenvalue weighted by molar-refractivity contribution is 5.94. The van der Waals surface area contributed by atoms with Crippen molar-refractivity contribution in [1.29, 1.82) is 0 Å². The van der Waals surface area contributed by atoms with Gasteiger partial charge < -0.3 is 9.84 Å². The second-order valence-corrected chi connectivity index (χ2v) is 3.78. The van der Waals surface area contributed by atoms with Crippen molar-refractivity contribution < 1.29 is 19.4 Å². The lowest BCUT2D eigenvalue weighted by atomic mass is 9.96. The number of ether oxygens (including phenoxy) is 1. The molecule has 0 radical (unpaired) electrons. The van der Waals surface area contributed by atoms with E-state index in [1.54, 1.807) is 6.07 Å². The molecule has 1 aromatic carbocycles. The summed E-state index contributed by atoms with van der Waals surface area (Å²) in [6.45, 7) is 2.00. The van der Waals surface area contributed by atoms with Crippen LogP contribution < -0.4 is 0 Å². The molecule has 1 N–H and O–H groups in total. The van der Waals surface area contributed by atoms with E-state index in [1.165, 1.54) is 0 Å². The summed E-state index contributed by atoms with van der Waals surface area (Å²) in [6.07, 6.45) is 0.0380. The lowest BCUT2D eigenvalue weighted by Gasteiger charge is -2.21. The second-order valence-electron chi connectivity index (χ2n) is 3.78. The number of fused-ring (bicyclic) bond motifs is 1. The highest BCUT2D eigenvalue weighted by Gasteiger charge is 2.30. The minimum absolute atomic E-state index is 0.250. The zero-order chi connectivity index (χ0) is 11.7. The predicted molar refractivity (Wildman–Crippen MR) is 56.4 cm³/mol. The fourth-order valence-corrected chi connectivity index (χ4v) is 1.78. The van der Waals surface area contributed by atoms with Gasteiger partial charge in [-0.25, -0.2) is 9.59 Å². The number of esters is 1. The van der Waals surface area contributed by atoms with Gasteiger partial charge in [-0.05, 0) is 23.6 Å². The second kappa shape index (κ2) is 3.96. The van der Waals surface area contributed by atoms with Crippen LogP contribution in [-0.2, 0) is 22.4 Å². The van der Waals surface area contributed by atoms with Crippen LogP contribution in [0.5, 0.6) is 0 Å². The minimum atomic E-state index is -1.10. The van der Waals surface area contributed by atoms with Crippen LogP contribution >= 0.6 is 0 Å². The van der Waals surface area contributed by atoms with Crippen molar-refractivity contribution in [2.75, 3.05) is 0 Å². The third-order valence-corrected chi connectivity index (χ3v) is 2.73. The van der Waals surface area contributed by atoms with Crippen molar-refractivity contribution in [3.63, 3.8) is 0 Å². The number of aliphatic carboxylic acids is 1. The van der Waals surface area contributed by atoms with Crippen LogP contribution in [0, 0.1) is 0 Å². The highest BCUT2D eigenvalue weighted by atomic mass is 16.6. The summed E-state index contributed by atoms with van der Waals surface area (Å²) < 4.78 is 4.84. The van der Waals surface area contributed by atoms with E-state index in [-0.39, 0.29) is 6.42 Å². The molecule has 0 saturated heterocycles. The van der Waals surface area contributed by atoms with E-state index in [9.17, 15) is 9.59 Å². The molecular weight excluding hydrogens is 208 g/mol. The van der Waals surface area contributed by atoms with Gasteiger partial charge in [0.2, 0.25) is 6.10 Å². The number of carbonyl (C=O) groups excluding carboxylic acids is 1. The molecule has 0 amide bonds. The van der Waals surface area contributed by atoms with Gasteiger partial charge in [0.1, 0.15) is 0 Å². The monoisotopic (exact) mass is 220 g/mol. The molecule has 0 spiro atoms. The van der Waals surface area contributed by atoms with Crippen LogP contribution in [-0.4, -0.2) is 23.1 Å². The maximum atomic E-state index is 11.6. The summed E-state index contributed by atoms with van der Waals surface area (Å²) >= 11 is 0. The quantitative estimate of drug-likeness (QED) is 0.765. The van der Waals surface area contributed by atoms with Crippen LogP contribution in [0.25, 0.3) is 0 Å². The van der Waals surface area contributed by atoms with E-state index in [2.05, 4.69) is 0 Å². The zero-order valence-corrected chi connectivity index (χ0v) is 8.90. The number of cyclic esters (lactones) is 1. The summed E-state index contributed by atoms with van der Waals surface area (Å²) in [7, 11) is 0. The molecular formula is C12H12O4. The first-order chi connectivity index (χ1) is 7.61. The molecule has 1 unspecified atom stereocenters. The summed E-state index contributed by atoms with van der Waals surface area (Å²) in [5, 5.41) is 8.81. The standard InChI is InChI=1S/C12H12O4/c1-2-7-3-4-8-6-10(11(13)14)16-12(15)9(8)5-7/h3-5,10H,2,6H2,1H3,(H,13,14). The van der Waals surface area contributed by atoms with Gasteiger partial charge in [-0.3, -0.25) is 0 Å². The molecule has 0 bridgehead atoms. The highest BCUT2D eigenvalue weighted by Crippen LogP contribution is 2.22. The molecule has 16 heavy (non-hydrogen) atoms. The molecule has 0 aliphatic carbocycles. The first kappa shape index (κ1) is 10.7. The first-order valence-corrected chi connectivity index (χ1v) is 5.17. The maximum absolute atomic E-state index is 11.6. The van der Waals surface area contributed by atoms with Gasteiger partial charge in [0.15, 0.2) is 0 Å². The Labute approximate surface area is 92.8 Å².